The van der Waals surface area contributed by atoms with E-state index in [9.17, 15) is 4.79 Å². The van der Waals surface area contributed by atoms with Crippen molar-refractivity contribution in [2.75, 3.05) is 11.9 Å². The molecule has 0 aliphatic carbocycles. The zero-order chi connectivity index (χ0) is 13.4. The quantitative estimate of drug-likeness (QED) is 0.841. The van der Waals surface area contributed by atoms with Crippen LogP contribution in [0.4, 0.5) is 5.69 Å². The van der Waals surface area contributed by atoms with Crippen molar-refractivity contribution in [2.24, 2.45) is 0 Å². The van der Waals surface area contributed by atoms with Gasteiger partial charge in [0.05, 0.1) is 0 Å². The van der Waals surface area contributed by atoms with E-state index in [-0.39, 0.29) is 5.78 Å². The first kappa shape index (κ1) is 12.2. The number of anilines is 1. The number of halogens is 1. The van der Waals surface area contributed by atoms with Crippen LogP contribution in [0.15, 0.2) is 36.4 Å². The van der Waals surface area contributed by atoms with Crippen LogP contribution in [0, 0.1) is 6.92 Å². The third-order valence-electron chi connectivity index (χ3n) is 3.51. The highest BCUT2D eigenvalue weighted by Crippen LogP contribution is 2.25. The second kappa shape index (κ2) is 4.71. The van der Waals surface area contributed by atoms with Crippen LogP contribution >= 0.6 is 11.6 Å². The van der Waals surface area contributed by atoms with E-state index < -0.39 is 0 Å². The van der Waals surface area contributed by atoms with E-state index in [2.05, 4.69) is 5.32 Å². The number of hydrogen-bond donors (Lipinski definition) is 1. The molecule has 0 radical (unpaired) electrons. The van der Waals surface area contributed by atoms with Crippen LogP contribution in [-0.4, -0.2) is 12.3 Å². The van der Waals surface area contributed by atoms with Crippen molar-refractivity contribution in [3.63, 3.8) is 0 Å². The van der Waals surface area contributed by atoms with E-state index >= 15 is 0 Å². The van der Waals surface area contributed by atoms with E-state index in [1.165, 1.54) is 5.56 Å². The standard InChI is InChI=1S/C16H14ClNO/c1-10-2-3-13(9-14(10)17)16(19)12-4-5-15-11(8-12)6-7-18-15/h2-5,8-9,18H,6-7H2,1H3. The molecule has 1 heterocycles. The fraction of sp³-hybridized carbons (Fsp3) is 0.188. The summed E-state index contributed by atoms with van der Waals surface area (Å²) in [5.74, 6) is 0.0246. The molecule has 0 aromatic heterocycles. The minimum Gasteiger partial charge on any atom is -0.384 e. The van der Waals surface area contributed by atoms with Gasteiger partial charge in [-0.3, -0.25) is 4.79 Å². The normalized spacial score (nSPS) is 12.9. The molecule has 0 saturated heterocycles. The molecular weight excluding hydrogens is 258 g/mol. The molecule has 96 valence electrons. The summed E-state index contributed by atoms with van der Waals surface area (Å²) in [6.45, 7) is 2.88. The second-order valence-corrected chi connectivity index (χ2v) is 5.25. The Morgan fingerprint density at radius 3 is 2.68 bits per heavy atom. The minimum absolute atomic E-state index is 0.0246. The molecule has 0 atom stereocenters. The Hall–Kier alpha value is -1.80. The fourth-order valence-electron chi connectivity index (χ4n) is 2.35. The smallest absolute Gasteiger partial charge is 0.193 e. The van der Waals surface area contributed by atoms with Crippen molar-refractivity contribution in [1.29, 1.82) is 0 Å². The van der Waals surface area contributed by atoms with Gasteiger partial charge in [0.1, 0.15) is 0 Å². The fourth-order valence-corrected chi connectivity index (χ4v) is 2.53. The molecule has 19 heavy (non-hydrogen) atoms. The summed E-state index contributed by atoms with van der Waals surface area (Å²) in [5.41, 5.74) is 4.70. The van der Waals surface area contributed by atoms with Crippen LogP contribution in [0.2, 0.25) is 5.02 Å². The van der Waals surface area contributed by atoms with Crippen LogP contribution < -0.4 is 5.32 Å². The van der Waals surface area contributed by atoms with Gasteiger partial charge in [-0.1, -0.05) is 23.7 Å². The highest BCUT2D eigenvalue weighted by atomic mass is 35.5. The first-order valence-corrected chi connectivity index (χ1v) is 6.70. The Morgan fingerprint density at radius 1 is 1.16 bits per heavy atom. The van der Waals surface area contributed by atoms with E-state index in [1.54, 1.807) is 6.07 Å². The first-order chi connectivity index (χ1) is 9.15. The Balaban J connectivity index is 1.97. The van der Waals surface area contributed by atoms with Crippen molar-refractivity contribution in [3.8, 4) is 0 Å². The third-order valence-corrected chi connectivity index (χ3v) is 3.92. The molecule has 0 unspecified atom stereocenters. The van der Waals surface area contributed by atoms with Crippen molar-refractivity contribution >= 4 is 23.1 Å². The molecular formula is C16H14ClNO. The number of nitrogens with one attached hydrogen (secondary N) is 1. The number of carbonyl (C=O) groups excluding carboxylic acids is 1. The summed E-state index contributed by atoms with van der Waals surface area (Å²) in [6, 6.07) is 11.3. The molecule has 0 amide bonds. The molecule has 1 aliphatic heterocycles. The zero-order valence-electron chi connectivity index (χ0n) is 10.7. The van der Waals surface area contributed by atoms with Gasteiger partial charge in [0.25, 0.3) is 0 Å². The zero-order valence-corrected chi connectivity index (χ0v) is 11.4. The summed E-state index contributed by atoms with van der Waals surface area (Å²) in [7, 11) is 0. The third kappa shape index (κ3) is 2.24. The van der Waals surface area contributed by atoms with E-state index in [0.717, 1.165) is 29.8 Å². The largest absolute Gasteiger partial charge is 0.384 e. The predicted molar refractivity (Wildman–Crippen MR) is 78.3 cm³/mol. The summed E-state index contributed by atoms with van der Waals surface area (Å²) in [4.78, 5) is 12.4. The van der Waals surface area contributed by atoms with Gasteiger partial charge in [0.15, 0.2) is 5.78 Å². The summed E-state index contributed by atoms with van der Waals surface area (Å²) in [5, 5.41) is 3.92. The monoisotopic (exact) mass is 271 g/mol. The lowest BCUT2D eigenvalue weighted by Gasteiger charge is -2.06. The molecule has 0 spiro atoms. The molecule has 2 aromatic rings. The maximum atomic E-state index is 12.4. The molecule has 1 N–H and O–H groups in total. The Labute approximate surface area is 117 Å². The van der Waals surface area contributed by atoms with E-state index in [0.29, 0.717) is 10.6 Å². The maximum absolute atomic E-state index is 12.4. The second-order valence-electron chi connectivity index (χ2n) is 4.84. The van der Waals surface area contributed by atoms with Gasteiger partial charge in [0, 0.05) is 28.4 Å². The Kier molecular flexibility index (Phi) is 3.03. The molecule has 0 fully saturated rings. The number of rotatable bonds is 2. The van der Waals surface area contributed by atoms with Crippen molar-refractivity contribution in [1.82, 2.24) is 0 Å². The van der Waals surface area contributed by atoms with Crippen LogP contribution in [0.5, 0.6) is 0 Å². The van der Waals surface area contributed by atoms with Gasteiger partial charge in [-0.25, -0.2) is 0 Å². The Bertz CT molecular complexity index is 664. The van der Waals surface area contributed by atoms with Gasteiger partial charge in [0.2, 0.25) is 0 Å². The van der Waals surface area contributed by atoms with Gasteiger partial charge in [-0.05, 0) is 48.7 Å². The lowest BCUT2D eigenvalue weighted by atomic mass is 9.99. The molecule has 2 nitrogen and oxygen atoms in total. The topological polar surface area (TPSA) is 29.1 Å². The van der Waals surface area contributed by atoms with Crippen molar-refractivity contribution < 1.29 is 4.79 Å². The number of hydrogen-bond acceptors (Lipinski definition) is 2. The minimum atomic E-state index is 0.0246. The maximum Gasteiger partial charge on any atom is 0.193 e. The summed E-state index contributed by atoms with van der Waals surface area (Å²) in [6.07, 6.45) is 0.977. The average molecular weight is 272 g/mol. The number of benzene rings is 2. The van der Waals surface area contributed by atoms with Gasteiger partial charge >= 0.3 is 0 Å². The van der Waals surface area contributed by atoms with E-state index in [4.69, 9.17) is 11.6 Å². The molecule has 2 aromatic carbocycles. The first-order valence-electron chi connectivity index (χ1n) is 6.33. The number of fused-ring (bicyclic) bond motifs is 1. The molecule has 3 heteroatoms. The number of carbonyl (C=O) groups is 1. The van der Waals surface area contributed by atoms with Crippen LogP contribution in [0.25, 0.3) is 0 Å². The van der Waals surface area contributed by atoms with Gasteiger partial charge < -0.3 is 5.32 Å². The van der Waals surface area contributed by atoms with Gasteiger partial charge in [-0.2, -0.15) is 0 Å². The molecule has 3 rings (SSSR count). The van der Waals surface area contributed by atoms with Crippen molar-refractivity contribution in [3.05, 3.63) is 63.7 Å². The summed E-state index contributed by atoms with van der Waals surface area (Å²) >= 11 is 6.08. The highest BCUT2D eigenvalue weighted by Gasteiger charge is 2.15. The predicted octanol–water partition coefficient (Wildman–Crippen LogP) is 3.85. The lowest BCUT2D eigenvalue weighted by Crippen LogP contribution is -2.02. The van der Waals surface area contributed by atoms with E-state index in [1.807, 2.05) is 37.3 Å². The van der Waals surface area contributed by atoms with Crippen LogP contribution in [0.1, 0.15) is 27.0 Å². The SMILES string of the molecule is Cc1ccc(C(=O)c2ccc3c(c2)CCN3)cc1Cl. The molecule has 0 saturated carbocycles. The number of aryl methyl sites for hydroxylation is 1. The number of ketones is 1. The van der Waals surface area contributed by atoms with Gasteiger partial charge in [-0.15, -0.1) is 0 Å². The molecule has 0 bridgehead atoms. The summed E-state index contributed by atoms with van der Waals surface area (Å²) < 4.78 is 0. The van der Waals surface area contributed by atoms with Crippen LogP contribution in [0.3, 0.4) is 0 Å². The Morgan fingerprint density at radius 2 is 1.89 bits per heavy atom. The van der Waals surface area contributed by atoms with Crippen molar-refractivity contribution in [2.45, 2.75) is 13.3 Å². The molecule has 1 aliphatic rings. The lowest BCUT2D eigenvalue weighted by molar-refractivity contribution is 0.103. The average Bonchev–Trinajstić information content (AvgIpc) is 2.88. The highest BCUT2D eigenvalue weighted by molar-refractivity contribution is 6.31. The van der Waals surface area contributed by atoms with Crippen LogP contribution in [-0.2, 0) is 6.42 Å².